The molecule has 1 aromatic carbocycles. The topological polar surface area (TPSA) is 15.3 Å². The first-order valence-electron chi connectivity index (χ1n) is 8.85. The van der Waals surface area contributed by atoms with Gasteiger partial charge in [0.15, 0.2) is 0 Å². The molecule has 1 aromatic rings. The molecule has 2 nitrogen and oxygen atoms in total. The first-order valence-corrected chi connectivity index (χ1v) is 8.85. The average molecular weight is 320 g/mol. The molecule has 1 N–H and O–H groups in total. The van der Waals surface area contributed by atoms with Crippen molar-refractivity contribution in [2.24, 2.45) is 0 Å². The fourth-order valence-electron chi connectivity index (χ4n) is 3.69. The van der Waals surface area contributed by atoms with E-state index in [4.69, 9.17) is 0 Å². The summed E-state index contributed by atoms with van der Waals surface area (Å²) >= 11 is 0. The SMILES string of the molecule is C=C1/C=C\N/C(C)=C\C(C)=C/1CN1CCCC1c1ccc(C)cc1. The molecule has 2 aliphatic rings. The summed E-state index contributed by atoms with van der Waals surface area (Å²) in [6.07, 6.45) is 8.81. The van der Waals surface area contributed by atoms with E-state index in [2.05, 4.69) is 74.0 Å². The minimum Gasteiger partial charge on any atom is -0.365 e. The van der Waals surface area contributed by atoms with Crippen molar-refractivity contribution in [3.63, 3.8) is 0 Å². The molecule has 0 bridgehead atoms. The van der Waals surface area contributed by atoms with Crippen molar-refractivity contribution in [1.29, 1.82) is 0 Å². The molecule has 0 radical (unpaired) electrons. The zero-order valence-corrected chi connectivity index (χ0v) is 15.1. The molecule has 0 aromatic heterocycles. The molecule has 0 aliphatic carbocycles. The zero-order valence-electron chi connectivity index (χ0n) is 15.1. The Balaban J connectivity index is 1.85. The third-order valence-electron chi connectivity index (χ3n) is 5.08. The molecule has 2 aliphatic heterocycles. The van der Waals surface area contributed by atoms with Crippen LogP contribution >= 0.6 is 0 Å². The van der Waals surface area contributed by atoms with Crippen molar-refractivity contribution in [2.75, 3.05) is 13.1 Å². The predicted octanol–water partition coefficient (Wildman–Crippen LogP) is 5.03. The summed E-state index contributed by atoms with van der Waals surface area (Å²) < 4.78 is 0. The molecule has 0 amide bonds. The number of hydrogen-bond donors (Lipinski definition) is 1. The molecule has 1 fully saturated rings. The Morgan fingerprint density at radius 1 is 1.17 bits per heavy atom. The highest BCUT2D eigenvalue weighted by atomic mass is 15.2. The maximum absolute atomic E-state index is 4.28. The Labute approximate surface area is 146 Å². The second-order valence-electron chi connectivity index (χ2n) is 7.03. The Bertz CT molecular complexity index is 704. The molecule has 3 rings (SSSR count). The van der Waals surface area contributed by atoms with Gasteiger partial charge >= 0.3 is 0 Å². The summed E-state index contributed by atoms with van der Waals surface area (Å²) in [6, 6.07) is 9.56. The van der Waals surface area contributed by atoms with E-state index in [0.29, 0.717) is 6.04 Å². The van der Waals surface area contributed by atoms with E-state index >= 15 is 0 Å². The maximum atomic E-state index is 4.28. The predicted molar refractivity (Wildman–Crippen MR) is 103 cm³/mol. The number of benzene rings is 1. The number of aryl methyl sites for hydroxylation is 1. The zero-order chi connectivity index (χ0) is 17.1. The van der Waals surface area contributed by atoms with Crippen molar-refractivity contribution >= 4 is 0 Å². The van der Waals surface area contributed by atoms with Gasteiger partial charge in [0.25, 0.3) is 0 Å². The van der Waals surface area contributed by atoms with Gasteiger partial charge in [-0.2, -0.15) is 0 Å². The number of hydrogen-bond acceptors (Lipinski definition) is 2. The summed E-state index contributed by atoms with van der Waals surface area (Å²) in [4.78, 5) is 2.61. The largest absolute Gasteiger partial charge is 0.365 e. The van der Waals surface area contributed by atoms with E-state index in [-0.39, 0.29) is 0 Å². The molecule has 0 saturated carbocycles. The minimum absolute atomic E-state index is 0.524. The lowest BCUT2D eigenvalue weighted by Crippen LogP contribution is -2.26. The highest BCUT2D eigenvalue weighted by Gasteiger charge is 2.27. The van der Waals surface area contributed by atoms with Crippen molar-refractivity contribution < 1.29 is 0 Å². The fraction of sp³-hybridized carbons (Fsp3) is 0.364. The van der Waals surface area contributed by atoms with Gasteiger partial charge in [-0.05, 0) is 74.6 Å². The van der Waals surface area contributed by atoms with Crippen LogP contribution in [0.15, 0.2) is 71.6 Å². The number of rotatable bonds is 3. The van der Waals surface area contributed by atoms with Crippen LogP contribution in [-0.4, -0.2) is 18.0 Å². The molecule has 2 heterocycles. The second kappa shape index (κ2) is 7.23. The molecule has 1 unspecified atom stereocenters. The second-order valence-corrected chi connectivity index (χ2v) is 7.03. The number of allylic oxidation sites excluding steroid dienone is 4. The van der Waals surface area contributed by atoms with Gasteiger partial charge in [0.1, 0.15) is 0 Å². The molecular formula is C22H28N2. The van der Waals surface area contributed by atoms with Crippen LogP contribution in [0.25, 0.3) is 0 Å². The van der Waals surface area contributed by atoms with Gasteiger partial charge in [-0.1, -0.05) is 36.4 Å². The van der Waals surface area contributed by atoms with Gasteiger partial charge in [0, 0.05) is 24.5 Å². The summed E-state index contributed by atoms with van der Waals surface area (Å²) in [5.74, 6) is 0. The summed E-state index contributed by atoms with van der Waals surface area (Å²) in [5, 5.41) is 3.27. The average Bonchev–Trinajstić information content (AvgIpc) is 3.00. The Kier molecular flexibility index (Phi) is 5.06. The van der Waals surface area contributed by atoms with Crippen LogP contribution < -0.4 is 5.32 Å². The Morgan fingerprint density at radius 2 is 1.92 bits per heavy atom. The standard InChI is InChI=1S/C22H28N2/c1-16-7-9-20(10-8-16)22-6-5-13-24(22)15-21-17(2)11-12-23-19(4)14-18(21)3/h7-12,14,22-23H,2,5-6,13,15H2,1,3-4H3/b12-11-,19-14-,21-18-. The number of likely N-dealkylation sites (tertiary alicyclic amines) is 1. The van der Waals surface area contributed by atoms with E-state index in [9.17, 15) is 0 Å². The van der Waals surface area contributed by atoms with E-state index in [1.54, 1.807) is 0 Å². The van der Waals surface area contributed by atoms with Gasteiger partial charge in [0.2, 0.25) is 0 Å². The van der Waals surface area contributed by atoms with Crippen LogP contribution in [0.1, 0.15) is 43.9 Å². The van der Waals surface area contributed by atoms with Crippen LogP contribution in [0.4, 0.5) is 0 Å². The van der Waals surface area contributed by atoms with Gasteiger partial charge in [0.05, 0.1) is 0 Å². The molecular weight excluding hydrogens is 292 g/mol. The van der Waals surface area contributed by atoms with E-state index < -0.39 is 0 Å². The minimum atomic E-state index is 0.524. The lowest BCUT2D eigenvalue weighted by atomic mass is 9.98. The highest BCUT2D eigenvalue weighted by molar-refractivity contribution is 5.46. The molecule has 1 atom stereocenters. The quantitative estimate of drug-likeness (QED) is 0.840. The molecule has 0 spiro atoms. The third kappa shape index (κ3) is 3.70. The normalized spacial score (nSPS) is 28.7. The van der Waals surface area contributed by atoms with Gasteiger partial charge in [-0.15, -0.1) is 0 Å². The van der Waals surface area contributed by atoms with Crippen LogP contribution in [0.2, 0.25) is 0 Å². The maximum Gasteiger partial charge on any atom is 0.0352 e. The Hall–Kier alpha value is -2.06. The van der Waals surface area contributed by atoms with Crippen molar-refractivity contribution in [2.45, 2.75) is 39.7 Å². The van der Waals surface area contributed by atoms with Gasteiger partial charge in [-0.25, -0.2) is 0 Å². The molecule has 2 heteroatoms. The first-order chi connectivity index (χ1) is 11.5. The fourth-order valence-corrected chi connectivity index (χ4v) is 3.69. The van der Waals surface area contributed by atoms with Crippen LogP contribution in [-0.2, 0) is 0 Å². The summed E-state index contributed by atoms with van der Waals surface area (Å²) in [7, 11) is 0. The van der Waals surface area contributed by atoms with Crippen LogP contribution in [0.3, 0.4) is 0 Å². The highest BCUT2D eigenvalue weighted by Crippen LogP contribution is 2.34. The lowest BCUT2D eigenvalue weighted by molar-refractivity contribution is 0.280. The van der Waals surface area contributed by atoms with Crippen molar-refractivity contribution in [3.05, 3.63) is 82.7 Å². The first kappa shape index (κ1) is 16.8. The monoisotopic (exact) mass is 320 g/mol. The Morgan fingerprint density at radius 3 is 2.67 bits per heavy atom. The van der Waals surface area contributed by atoms with Crippen LogP contribution in [0.5, 0.6) is 0 Å². The van der Waals surface area contributed by atoms with E-state index in [0.717, 1.165) is 18.7 Å². The van der Waals surface area contributed by atoms with Crippen molar-refractivity contribution in [1.82, 2.24) is 10.2 Å². The molecule has 1 saturated heterocycles. The van der Waals surface area contributed by atoms with E-state index in [1.165, 1.54) is 40.8 Å². The third-order valence-corrected chi connectivity index (χ3v) is 5.08. The number of nitrogens with zero attached hydrogens (tertiary/aromatic N) is 1. The van der Waals surface area contributed by atoms with Crippen LogP contribution in [0, 0.1) is 6.92 Å². The smallest absolute Gasteiger partial charge is 0.0352 e. The molecule has 24 heavy (non-hydrogen) atoms. The summed E-state index contributed by atoms with van der Waals surface area (Å²) in [5.41, 5.74) is 7.71. The van der Waals surface area contributed by atoms with E-state index in [1.807, 2.05) is 6.20 Å². The van der Waals surface area contributed by atoms with Crippen molar-refractivity contribution in [3.8, 4) is 0 Å². The van der Waals surface area contributed by atoms with Gasteiger partial charge < -0.3 is 5.32 Å². The summed E-state index contributed by atoms with van der Waals surface area (Å²) in [6.45, 7) is 12.9. The lowest BCUT2D eigenvalue weighted by Gasteiger charge is -2.27. The van der Waals surface area contributed by atoms with Gasteiger partial charge in [-0.3, -0.25) is 4.90 Å². The molecule has 126 valence electrons. The number of nitrogens with one attached hydrogen (secondary N) is 1.